The van der Waals surface area contributed by atoms with Crippen molar-refractivity contribution in [2.45, 2.75) is 13.8 Å². The second kappa shape index (κ2) is 4.65. The number of nitrogen functional groups attached to an aromatic ring is 1. The van der Waals surface area contributed by atoms with Crippen molar-refractivity contribution in [3.8, 4) is 17.0 Å². The quantitative estimate of drug-likeness (QED) is 0.927. The van der Waals surface area contributed by atoms with E-state index in [1.54, 1.807) is 11.8 Å². The molecule has 0 fully saturated rings. The average Bonchev–Trinajstić information content (AvgIpc) is 2.59. The molecule has 0 bridgehead atoms. The molecule has 2 N–H and O–H groups in total. The maximum Gasteiger partial charge on any atom is 0.136 e. The molecule has 2 aromatic rings. The number of methoxy groups -OCH3 is 1. The lowest BCUT2D eigenvalue weighted by Gasteiger charge is -2.10. The van der Waals surface area contributed by atoms with Gasteiger partial charge in [0.25, 0.3) is 0 Å². The first kappa shape index (κ1) is 13.0. The van der Waals surface area contributed by atoms with Gasteiger partial charge in [-0.15, -0.1) is 0 Å². The fourth-order valence-electron chi connectivity index (χ4n) is 1.95. The van der Waals surface area contributed by atoms with Crippen LogP contribution in [0.1, 0.15) is 11.1 Å². The summed E-state index contributed by atoms with van der Waals surface area (Å²) in [5, 5.41) is 4.44. The zero-order chi connectivity index (χ0) is 13.4. The van der Waals surface area contributed by atoms with E-state index < -0.39 is 0 Å². The number of ether oxygens (including phenoxy) is 1. The predicted octanol–water partition coefficient (Wildman–Crippen LogP) is 3.06. The predicted molar refractivity (Wildman–Crippen MR) is 76.8 cm³/mol. The molecule has 5 heteroatoms. The standard InChI is InChI=1S/C13H16BrN3O/c1-7-6-10(18-4)8(2)5-9(7)12-11(14)13(15)17(3)16-12/h5-6H,15H2,1-4H3. The molecule has 0 radical (unpaired) electrons. The van der Waals surface area contributed by atoms with E-state index in [2.05, 4.69) is 27.1 Å². The molecule has 0 spiro atoms. The molecular formula is C13H16BrN3O. The van der Waals surface area contributed by atoms with Crippen molar-refractivity contribution < 1.29 is 4.74 Å². The largest absolute Gasteiger partial charge is 0.496 e. The van der Waals surface area contributed by atoms with Crippen molar-refractivity contribution in [2.75, 3.05) is 12.8 Å². The Kier molecular flexibility index (Phi) is 3.34. The molecule has 0 saturated heterocycles. The van der Waals surface area contributed by atoms with Gasteiger partial charge in [-0.05, 0) is 53.0 Å². The molecule has 1 heterocycles. The summed E-state index contributed by atoms with van der Waals surface area (Å²) in [6.45, 7) is 4.05. The Hall–Kier alpha value is -1.49. The summed E-state index contributed by atoms with van der Waals surface area (Å²) in [5.41, 5.74) is 10.0. The third kappa shape index (κ3) is 1.99. The normalized spacial score (nSPS) is 10.7. The lowest BCUT2D eigenvalue weighted by molar-refractivity contribution is 0.411. The fourth-order valence-corrected chi connectivity index (χ4v) is 2.50. The van der Waals surface area contributed by atoms with Gasteiger partial charge >= 0.3 is 0 Å². The van der Waals surface area contributed by atoms with E-state index in [9.17, 15) is 0 Å². The van der Waals surface area contributed by atoms with Crippen LogP contribution in [0, 0.1) is 13.8 Å². The number of aryl methyl sites for hydroxylation is 3. The van der Waals surface area contributed by atoms with Crippen molar-refractivity contribution in [1.29, 1.82) is 0 Å². The highest BCUT2D eigenvalue weighted by molar-refractivity contribution is 9.10. The van der Waals surface area contributed by atoms with Gasteiger partial charge < -0.3 is 10.5 Å². The molecule has 0 saturated carbocycles. The van der Waals surface area contributed by atoms with Crippen LogP contribution in [0.25, 0.3) is 11.3 Å². The number of halogens is 1. The monoisotopic (exact) mass is 309 g/mol. The average molecular weight is 310 g/mol. The molecule has 1 aromatic heterocycles. The maximum atomic E-state index is 5.91. The molecule has 4 nitrogen and oxygen atoms in total. The van der Waals surface area contributed by atoms with Gasteiger partial charge in [0, 0.05) is 12.6 Å². The first-order valence-electron chi connectivity index (χ1n) is 5.59. The van der Waals surface area contributed by atoms with Crippen molar-refractivity contribution in [1.82, 2.24) is 9.78 Å². The summed E-state index contributed by atoms with van der Waals surface area (Å²) in [6, 6.07) is 4.09. The van der Waals surface area contributed by atoms with Crippen LogP contribution in [0.5, 0.6) is 5.75 Å². The summed E-state index contributed by atoms with van der Waals surface area (Å²) >= 11 is 3.49. The Morgan fingerprint density at radius 3 is 2.44 bits per heavy atom. The van der Waals surface area contributed by atoms with Gasteiger partial charge in [-0.1, -0.05) is 0 Å². The third-order valence-corrected chi connectivity index (χ3v) is 3.81. The van der Waals surface area contributed by atoms with Gasteiger partial charge in [0.2, 0.25) is 0 Å². The zero-order valence-electron chi connectivity index (χ0n) is 10.9. The Morgan fingerprint density at radius 2 is 1.94 bits per heavy atom. The second-order valence-electron chi connectivity index (χ2n) is 4.31. The topological polar surface area (TPSA) is 53.1 Å². The number of rotatable bonds is 2. The molecule has 2 rings (SSSR count). The molecule has 0 atom stereocenters. The minimum Gasteiger partial charge on any atom is -0.496 e. The van der Waals surface area contributed by atoms with Gasteiger partial charge in [0.05, 0.1) is 11.6 Å². The van der Waals surface area contributed by atoms with E-state index >= 15 is 0 Å². The molecule has 1 aromatic carbocycles. The van der Waals surface area contributed by atoms with E-state index in [0.29, 0.717) is 5.82 Å². The number of hydrogen-bond donors (Lipinski definition) is 1. The maximum absolute atomic E-state index is 5.91. The number of anilines is 1. The van der Waals surface area contributed by atoms with Crippen LogP contribution in [0.2, 0.25) is 0 Å². The van der Waals surface area contributed by atoms with Gasteiger partial charge in [0.1, 0.15) is 17.3 Å². The van der Waals surface area contributed by atoms with Crippen LogP contribution >= 0.6 is 15.9 Å². The van der Waals surface area contributed by atoms with Crippen LogP contribution in [-0.4, -0.2) is 16.9 Å². The highest BCUT2D eigenvalue weighted by atomic mass is 79.9. The summed E-state index contributed by atoms with van der Waals surface area (Å²) < 4.78 is 7.81. The van der Waals surface area contributed by atoms with Crippen molar-refractivity contribution in [3.05, 3.63) is 27.7 Å². The molecule has 0 aliphatic heterocycles. The van der Waals surface area contributed by atoms with Gasteiger partial charge in [-0.2, -0.15) is 5.10 Å². The summed E-state index contributed by atoms with van der Waals surface area (Å²) in [6.07, 6.45) is 0. The van der Waals surface area contributed by atoms with Crippen molar-refractivity contribution in [2.24, 2.45) is 7.05 Å². The molecule has 0 aliphatic rings. The van der Waals surface area contributed by atoms with Gasteiger partial charge in [0.15, 0.2) is 0 Å². The minimum atomic E-state index is 0.623. The van der Waals surface area contributed by atoms with E-state index in [0.717, 1.165) is 32.6 Å². The summed E-state index contributed by atoms with van der Waals surface area (Å²) in [4.78, 5) is 0. The SMILES string of the molecule is COc1cc(C)c(-c2nn(C)c(N)c2Br)cc1C. The zero-order valence-corrected chi connectivity index (χ0v) is 12.5. The van der Waals surface area contributed by atoms with E-state index in [-0.39, 0.29) is 0 Å². The third-order valence-electron chi connectivity index (χ3n) is 3.03. The number of nitrogens with two attached hydrogens (primary N) is 1. The van der Waals surface area contributed by atoms with E-state index in [1.807, 2.05) is 27.0 Å². The molecule has 0 unspecified atom stereocenters. The van der Waals surface area contributed by atoms with Crippen LogP contribution < -0.4 is 10.5 Å². The van der Waals surface area contributed by atoms with Crippen LogP contribution in [0.4, 0.5) is 5.82 Å². The van der Waals surface area contributed by atoms with Crippen LogP contribution in [0.15, 0.2) is 16.6 Å². The fraction of sp³-hybridized carbons (Fsp3) is 0.308. The number of aromatic nitrogens is 2. The Balaban J connectivity index is 2.64. The lowest BCUT2D eigenvalue weighted by Crippen LogP contribution is -1.97. The molecule has 0 aliphatic carbocycles. The lowest BCUT2D eigenvalue weighted by atomic mass is 10.0. The molecule has 0 amide bonds. The van der Waals surface area contributed by atoms with E-state index in [1.165, 1.54) is 0 Å². The first-order chi connectivity index (χ1) is 8.45. The molecule has 96 valence electrons. The van der Waals surface area contributed by atoms with Crippen LogP contribution in [0.3, 0.4) is 0 Å². The van der Waals surface area contributed by atoms with Crippen molar-refractivity contribution in [3.63, 3.8) is 0 Å². The molecular weight excluding hydrogens is 294 g/mol. The van der Waals surface area contributed by atoms with Crippen LogP contribution in [-0.2, 0) is 7.05 Å². The smallest absolute Gasteiger partial charge is 0.136 e. The van der Waals surface area contributed by atoms with Gasteiger partial charge in [-0.25, -0.2) is 0 Å². The Labute approximate surface area is 115 Å². The number of nitrogens with zero attached hydrogens (tertiary/aromatic N) is 2. The minimum absolute atomic E-state index is 0.623. The highest BCUT2D eigenvalue weighted by Gasteiger charge is 2.16. The first-order valence-corrected chi connectivity index (χ1v) is 6.38. The number of benzene rings is 1. The second-order valence-corrected chi connectivity index (χ2v) is 5.10. The Bertz CT molecular complexity index is 605. The number of hydrogen-bond acceptors (Lipinski definition) is 3. The van der Waals surface area contributed by atoms with E-state index in [4.69, 9.17) is 10.5 Å². The molecule has 18 heavy (non-hydrogen) atoms. The summed E-state index contributed by atoms with van der Waals surface area (Å²) in [5.74, 6) is 1.51. The highest BCUT2D eigenvalue weighted by Crippen LogP contribution is 2.36. The Morgan fingerprint density at radius 1 is 1.28 bits per heavy atom. The summed E-state index contributed by atoms with van der Waals surface area (Å²) in [7, 11) is 3.51. The van der Waals surface area contributed by atoms with Crippen molar-refractivity contribution >= 4 is 21.7 Å². The van der Waals surface area contributed by atoms with Gasteiger partial charge in [-0.3, -0.25) is 4.68 Å².